The summed E-state index contributed by atoms with van der Waals surface area (Å²) in [6.07, 6.45) is 0.986. The molecule has 0 spiro atoms. The van der Waals surface area contributed by atoms with Crippen LogP contribution in [0.3, 0.4) is 0 Å². The van der Waals surface area contributed by atoms with Crippen molar-refractivity contribution in [1.82, 2.24) is 9.55 Å². The molecule has 1 heterocycles. The van der Waals surface area contributed by atoms with Crippen molar-refractivity contribution in [2.75, 3.05) is 5.75 Å². The molecule has 0 aliphatic rings. The molecule has 1 unspecified atom stereocenters. The predicted molar refractivity (Wildman–Crippen MR) is 90.0 cm³/mol. The number of thioether (sulfide) groups is 1. The molecule has 0 aliphatic heterocycles. The summed E-state index contributed by atoms with van der Waals surface area (Å²) in [4.78, 5) is 15.5. The van der Waals surface area contributed by atoms with E-state index in [1.54, 1.807) is 0 Å². The van der Waals surface area contributed by atoms with Gasteiger partial charge < -0.3 is 9.67 Å². The van der Waals surface area contributed by atoms with Gasteiger partial charge in [0, 0.05) is 10.5 Å². The molecule has 4 nitrogen and oxygen atoms in total. The van der Waals surface area contributed by atoms with Crippen LogP contribution in [0.25, 0.3) is 11.0 Å². The lowest BCUT2D eigenvalue weighted by Crippen LogP contribution is -2.15. The van der Waals surface area contributed by atoms with Gasteiger partial charge in [0.2, 0.25) is 0 Å². The van der Waals surface area contributed by atoms with Crippen LogP contribution in [0.5, 0.6) is 0 Å². The molecule has 2 rings (SSSR count). The largest absolute Gasteiger partial charge is 0.481 e. The van der Waals surface area contributed by atoms with Gasteiger partial charge in [0.25, 0.3) is 0 Å². The summed E-state index contributed by atoms with van der Waals surface area (Å²) < 4.78 is 3.17. The average molecular weight is 371 g/mol. The van der Waals surface area contributed by atoms with Crippen molar-refractivity contribution in [2.45, 2.75) is 38.4 Å². The molecular weight excluding hydrogens is 352 g/mol. The van der Waals surface area contributed by atoms with E-state index < -0.39 is 5.97 Å². The van der Waals surface area contributed by atoms with Gasteiger partial charge in [-0.05, 0) is 30.5 Å². The molecule has 1 aromatic heterocycles. The van der Waals surface area contributed by atoms with Crippen molar-refractivity contribution in [3.63, 3.8) is 0 Å². The molecule has 0 aliphatic carbocycles. The minimum Gasteiger partial charge on any atom is -0.481 e. The molecule has 0 fully saturated rings. The molecule has 0 amide bonds. The molecule has 0 saturated heterocycles. The normalized spacial score (nSPS) is 13.0. The standard InChI is InChI=1S/C15H19BrN2O2S/c1-4-12(9(2)3)18-13-6-5-10(16)7-11(13)17-15(18)21-8-14(19)20/h5-7,9,12H,4,8H2,1-3H3,(H,19,20). The van der Waals surface area contributed by atoms with Crippen molar-refractivity contribution < 1.29 is 9.90 Å². The molecule has 2 aromatic rings. The Bertz CT molecular complexity index is 654. The summed E-state index contributed by atoms with van der Waals surface area (Å²) in [5, 5.41) is 9.71. The van der Waals surface area contributed by atoms with Crippen molar-refractivity contribution in [2.24, 2.45) is 5.92 Å². The van der Waals surface area contributed by atoms with Gasteiger partial charge in [-0.15, -0.1) is 0 Å². The highest BCUT2D eigenvalue weighted by Crippen LogP contribution is 2.33. The van der Waals surface area contributed by atoms with Crippen LogP contribution in [0.1, 0.15) is 33.2 Å². The van der Waals surface area contributed by atoms with Gasteiger partial charge in [-0.3, -0.25) is 4.79 Å². The van der Waals surface area contributed by atoms with Gasteiger partial charge in [0.1, 0.15) is 0 Å². The first kappa shape index (κ1) is 16.4. The lowest BCUT2D eigenvalue weighted by Gasteiger charge is -2.23. The molecule has 0 saturated carbocycles. The van der Waals surface area contributed by atoms with Gasteiger partial charge in [-0.2, -0.15) is 0 Å². The zero-order chi connectivity index (χ0) is 15.6. The maximum absolute atomic E-state index is 10.9. The first-order chi connectivity index (χ1) is 9.93. The van der Waals surface area contributed by atoms with Crippen LogP contribution in [0, 0.1) is 5.92 Å². The molecule has 21 heavy (non-hydrogen) atoms. The second-order valence-corrected chi connectivity index (χ2v) is 7.16. The zero-order valence-corrected chi connectivity index (χ0v) is 14.7. The fourth-order valence-corrected chi connectivity index (χ4v) is 3.69. The fraction of sp³-hybridized carbons (Fsp3) is 0.467. The number of carboxylic acid groups (broad SMARTS) is 1. The minimum absolute atomic E-state index is 0.0268. The Morgan fingerprint density at radius 1 is 1.48 bits per heavy atom. The predicted octanol–water partition coefficient (Wildman–Crippen LogP) is 4.58. The number of fused-ring (bicyclic) bond motifs is 1. The highest BCUT2D eigenvalue weighted by atomic mass is 79.9. The van der Waals surface area contributed by atoms with Crippen LogP contribution in [0.15, 0.2) is 27.8 Å². The highest BCUT2D eigenvalue weighted by Gasteiger charge is 2.21. The Hall–Kier alpha value is -1.01. The van der Waals surface area contributed by atoms with Crippen LogP contribution in [0.4, 0.5) is 0 Å². The van der Waals surface area contributed by atoms with Crippen LogP contribution in [-0.2, 0) is 4.79 Å². The zero-order valence-electron chi connectivity index (χ0n) is 12.3. The van der Waals surface area contributed by atoms with Crippen molar-refractivity contribution in [3.05, 3.63) is 22.7 Å². The number of carboxylic acids is 1. The second kappa shape index (κ2) is 6.83. The van der Waals surface area contributed by atoms with E-state index in [4.69, 9.17) is 5.11 Å². The van der Waals surface area contributed by atoms with Crippen LogP contribution in [-0.4, -0.2) is 26.4 Å². The van der Waals surface area contributed by atoms with E-state index in [9.17, 15) is 4.79 Å². The number of aromatic nitrogens is 2. The Kier molecular flexibility index (Phi) is 5.32. The minimum atomic E-state index is -0.822. The summed E-state index contributed by atoms with van der Waals surface area (Å²) in [7, 11) is 0. The third-order valence-electron chi connectivity index (χ3n) is 3.46. The summed E-state index contributed by atoms with van der Waals surface area (Å²) >= 11 is 4.75. The Morgan fingerprint density at radius 2 is 2.19 bits per heavy atom. The molecule has 114 valence electrons. The van der Waals surface area contributed by atoms with Crippen molar-refractivity contribution in [1.29, 1.82) is 0 Å². The third-order valence-corrected chi connectivity index (χ3v) is 4.89. The van der Waals surface area contributed by atoms with E-state index in [0.717, 1.165) is 27.1 Å². The van der Waals surface area contributed by atoms with Gasteiger partial charge >= 0.3 is 5.97 Å². The van der Waals surface area contributed by atoms with Gasteiger partial charge in [0.15, 0.2) is 5.16 Å². The van der Waals surface area contributed by atoms with Crippen LogP contribution >= 0.6 is 27.7 Å². The van der Waals surface area contributed by atoms with E-state index in [0.29, 0.717) is 12.0 Å². The van der Waals surface area contributed by atoms with E-state index >= 15 is 0 Å². The van der Waals surface area contributed by atoms with Crippen LogP contribution < -0.4 is 0 Å². The molecule has 1 N–H and O–H groups in total. The van der Waals surface area contributed by atoms with Crippen molar-refractivity contribution >= 4 is 44.7 Å². The van der Waals surface area contributed by atoms with E-state index in [1.165, 1.54) is 11.8 Å². The summed E-state index contributed by atoms with van der Waals surface area (Å²) in [5.41, 5.74) is 1.96. The topological polar surface area (TPSA) is 55.1 Å². The second-order valence-electron chi connectivity index (χ2n) is 5.30. The number of nitrogens with zero attached hydrogens (tertiary/aromatic N) is 2. The summed E-state index contributed by atoms with van der Waals surface area (Å²) in [6.45, 7) is 6.52. The maximum Gasteiger partial charge on any atom is 0.313 e. The quantitative estimate of drug-likeness (QED) is 0.755. The Balaban J connectivity index is 2.56. The SMILES string of the molecule is CCC(C(C)C)n1c(SCC(=O)O)nc2cc(Br)ccc21. The first-order valence-corrected chi connectivity index (χ1v) is 8.74. The maximum atomic E-state index is 10.9. The van der Waals surface area contributed by atoms with Gasteiger partial charge in [-0.1, -0.05) is 48.5 Å². The fourth-order valence-electron chi connectivity index (χ4n) is 2.55. The van der Waals surface area contributed by atoms with Crippen molar-refractivity contribution in [3.8, 4) is 0 Å². The highest BCUT2D eigenvalue weighted by molar-refractivity contribution is 9.10. The number of carbonyl (C=O) groups is 1. The molecule has 1 atom stereocenters. The summed E-state index contributed by atoms with van der Waals surface area (Å²) in [5.74, 6) is -0.337. The number of imidazole rings is 1. The number of hydrogen-bond donors (Lipinski definition) is 1. The smallest absolute Gasteiger partial charge is 0.313 e. The van der Waals surface area contributed by atoms with E-state index in [1.807, 2.05) is 18.2 Å². The molecule has 1 aromatic carbocycles. The number of aliphatic carboxylic acids is 1. The lowest BCUT2D eigenvalue weighted by molar-refractivity contribution is -0.133. The Morgan fingerprint density at radius 3 is 2.76 bits per heavy atom. The van der Waals surface area contributed by atoms with E-state index in [-0.39, 0.29) is 5.75 Å². The molecule has 0 bridgehead atoms. The number of hydrogen-bond acceptors (Lipinski definition) is 3. The van der Waals surface area contributed by atoms with Crippen LogP contribution in [0.2, 0.25) is 0 Å². The Labute approximate surface area is 137 Å². The first-order valence-electron chi connectivity index (χ1n) is 6.96. The molecule has 0 radical (unpaired) electrons. The molecular formula is C15H19BrN2O2S. The van der Waals surface area contributed by atoms with E-state index in [2.05, 4.69) is 46.3 Å². The number of halogens is 1. The number of rotatable bonds is 6. The summed E-state index contributed by atoms with van der Waals surface area (Å²) in [6, 6.07) is 6.33. The average Bonchev–Trinajstić information content (AvgIpc) is 2.74. The molecule has 6 heteroatoms. The van der Waals surface area contributed by atoms with Gasteiger partial charge in [-0.25, -0.2) is 4.98 Å². The third kappa shape index (κ3) is 3.61. The number of benzene rings is 1. The monoisotopic (exact) mass is 370 g/mol. The van der Waals surface area contributed by atoms with Gasteiger partial charge in [0.05, 0.1) is 16.8 Å². The lowest BCUT2D eigenvalue weighted by atomic mass is 10.0.